The molecule has 0 bridgehead atoms. The Labute approximate surface area is 217 Å². The molecule has 5 rings (SSSR count). The molecule has 0 radical (unpaired) electrons. The number of hydrogen-bond donors (Lipinski definition) is 2. The largest absolute Gasteiger partial charge is 0.353 e. The van der Waals surface area contributed by atoms with E-state index >= 15 is 0 Å². The number of piperidine rings is 1. The molecule has 1 atom stereocenters. The number of likely N-dealkylation sites (tertiary alicyclic amines) is 1. The molecule has 3 aromatic carbocycles. The van der Waals surface area contributed by atoms with E-state index in [-0.39, 0.29) is 17.6 Å². The molecular weight excluding hydrogens is 465 g/mol. The minimum absolute atomic E-state index is 0.00480. The lowest BCUT2D eigenvalue weighted by Gasteiger charge is -2.33. The van der Waals surface area contributed by atoms with Gasteiger partial charge in [-0.15, -0.1) is 0 Å². The second-order valence-electron chi connectivity index (χ2n) is 9.95. The molecule has 1 aromatic heterocycles. The highest BCUT2D eigenvalue weighted by Gasteiger charge is 2.23. The summed E-state index contributed by atoms with van der Waals surface area (Å²) in [7, 11) is 1.85. The minimum atomic E-state index is -0.241. The van der Waals surface area contributed by atoms with E-state index in [2.05, 4.69) is 20.2 Å². The van der Waals surface area contributed by atoms with Crippen molar-refractivity contribution in [3.8, 4) is 0 Å². The zero-order valence-electron chi connectivity index (χ0n) is 21.2. The Morgan fingerprint density at radius 2 is 1.76 bits per heavy atom. The number of imidazole rings is 1. The van der Waals surface area contributed by atoms with Crippen LogP contribution >= 0.6 is 0 Å². The van der Waals surface area contributed by atoms with E-state index in [1.54, 1.807) is 4.90 Å². The number of nitrogens with one attached hydrogen (secondary N) is 2. The summed E-state index contributed by atoms with van der Waals surface area (Å²) in [6, 6.07) is 24.5. The van der Waals surface area contributed by atoms with Gasteiger partial charge in [0.1, 0.15) is 5.82 Å². The van der Waals surface area contributed by atoms with Gasteiger partial charge >= 0.3 is 0 Å². The van der Waals surface area contributed by atoms with Gasteiger partial charge in [0.25, 0.3) is 5.91 Å². The number of aromatic nitrogens is 2. The number of para-hydroxylation sites is 2. The summed E-state index contributed by atoms with van der Waals surface area (Å²) in [4.78, 5) is 25.2. The lowest BCUT2D eigenvalue weighted by Crippen LogP contribution is -2.40. The molecule has 1 amide bonds. The van der Waals surface area contributed by atoms with Crippen LogP contribution < -0.4 is 5.32 Å². The van der Waals surface area contributed by atoms with Gasteiger partial charge in [0.05, 0.1) is 11.0 Å². The molecule has 1 aliphatic rings. The number of carbonyl (C=O) groups is 1. The fourth-order valence-corrected chi connectivity index (χ4v) is 5.17. The number of aromatic amines is 1. The lowest BCUT2D eigenvalue weighted by molar-refractivity contribution is 0.0782. The van der Waals surface area contributed by atoms with E-state index in [4.69, 9.17) is 0 Å². The Morgan fingerprint density at radius 3 is 2.49 bits per heavy atom. The topological polar surface area (TPSA) is 64.3 Å². The van der Waals surface area contributed by atoms with E-state index < -0.39 is 0 Å². The number of H-pyrrole nitrogens is 1. The second kappa shape index (κ2) is 11.6. The molecular formula is C30H34FN5O. The highest BCUT2D eigenvalue weighted by molar-refractivity contribution is 5.94. The number of amides is 1. The molecule has 0 saturated carbocycles. The molecule has 1 fully saturated rings. The highest BCUT2D eigenvalue weighted by atomic mass is 19.1. The normalized spacial score (nSPS) is 15.5. The van der Waals surface area contributed by atoms with Crippen molar-refractivity contribution in [1.29, 1.82) is 0 Å². The van der Waals surface area contributed by atoms with Crippen molar-refractivity contribution in [2.24, 2.45) is 0 Å². The maximum absolute atomic E-state index is 13.6. The molecule has 7 heteroatoms. The van der Waals surface area contributed by atoms with Crippen LogP contribution in [0.2, 0.25) is 0 Å². The zero-order valence-corrected chi connectivity index (χ0v) is 21.2. The molecule has 4 aromatic rings. The minimum Gasteiger partial charge on any atom is -0.353 e. The van der Waals surface area contributed by atoms with Crippen LogP contribution in [0, 0.1) is 5.82 Å². The van der Waals surface area contributed by atoms with Crippen molar-refractivity contribution in [2.75, 3.05) is 38.5 Å². The SMILES string of the molecule is CN(CC(CCN1CCC(Nc2nc3ccccc3[nH]2)CC1)c1ccc(F)cc1)C(=O)c1ccccc1. The number of benzene rings is 3. The molecule has 6 nitrogen and oxygen atoms in total. The Morgan fingerprint density at radius 1 is 1.05 bits per heavy atom. The molecule has 0 spiro atoms. The van der Waals surface area contributed by atoms with Crippen LogP contribution in [-0.4, -0.2) is 64.9 Å². The second-order valence-corrected chi connectivity index (χ2v) is 9.95. The van der Waals surface area contributed by atoms with Gasteiger partial charge in [-0.1, -0.05) is 42.5 Å². The summed E-state index contributed by atoms with van der Waals surface area (Å²) < 4.78 is 13.6. The van der Waals surface area contributed by atoms with Crippen LogP contribution in [0.1, 0.15) is 41.1 Å². The van der Waals surface area contributed by atoms with E-state index in [0.717, 1.165) is 61.4 Å². The molecule has 1 saturated heterocycles. The predicted molar refractivity (Wildman–Crippen MR) is 146 cm³/mol. The number of carbonyl (C=O) groups excluding carboxylic acids is 1. The predicted octanol–water partition coefficient (Wildman–Crippen LogP) is 5.52. The Kier molecular flexibility index (Phi) is 7.80. The van der Waals surface area contributed by atoms with Gasteiger partial charge in [-0.05, 0) is 67.8 Å². The Bertz CT molecular complexity index is 1270. The molecule has 192 valence electrons. The van der Waals surface area contributed by atoms with E-state index in [9.17, 15) is 9.18 Å². The zero-order chi connectivity index (χ0) is 25.6. The van der Waals surface area contributed by atoms with Crippen LogP contribution in [0.3, 0.4) is 0 Å². The van der Waals surface area contributed by atoms with Gasteiger partial charge in [-0.2, -0.15) is 0 Å². The van der Waals surface area contributed by atoms with Gasteiger partial charge in [-0.3, -0.25) is 4.79 Å². The average molecular weight is 500 g/mol. The molecule has 2 N–H and O–H groups in total. The van der Waals surface area contributed by atoms with Crippen LogP contribution in [0.4, 0.5) is 10.3 Å². The average Bonchev–Trinajstić information content (AvgIpc) is 3.34. The van der Waals surface area contributed by atoms with Gasteiger partial charge < -0.3 is 20.1 Å². The highest BCUT2D eigenvalue weighted by Crippen LogP contribution is 2.24. The maximum Gasteiger partial charge on any atom is 0.253 e. The van der Waals surface area contributed by atoms with Crippen molar-refractivity contribution in [3.05, 3.63) is 95.8 Å². The maximum atomic E-state index is 13.6. The van der Waals surface area contributed by atoms with E-state index in [0.29, 0.717) is 18.2 Å². The molecule has 1 unspecified atom stereocenters. The smallest absolute Gasteiger partial charge is 0.253 e. The van der Waals surface area contributed by atoms with Gasteiger partial charge in [0.15, 0.2) is 0 Å². The van der Waals surface area contributed by atoms with Gasteiger partial charge in [-0.25, -0.2) is 9.37 Å². The fourth-order valence-electron chi connectivity index (χ4n) is 5.17. The Balaban J connectivity index is 1.16. The first-order valence-corrected chi connectivity index (χ1v) is 13.0. The number of rotatable bonds is 9. The third-order valence-electron chi connectivity index (χ3n) is 7.31. The first-order chi connectivity index (χ1) is 18.0. The Hall–Kier alpha value is -3.71. The number of halogens is 1. The van der Waals surface area contributed by atoms with Crippen LogP contribution in [0.25, 0.3) is 11.0 Å². The third-order valence-corrected chi connectivity index (χ3v) is 7.31. The number of hydrogen-bond acceptors (Lipinski definition) is 4. The lowest BCUT2D eigenvalue weighted by atomic mass is 9.94. The van der Waals surface area contributed by atoms with Crippen molar-refractivity contribution in [3.63, 3.8) is 0 Å². The molecule has 0 aliphatic carbocycles. The quantitative estimate of drug-likeness (QED) is 0.318. The molecule has 37 heavy (non-hydrogen) atoms. The van der Waals surface area contributed by atoms with Crippen molar-refractivity contribution in [2.45, 2.75) is 31.2 Å². The van der Waals surface area contributed by atoms with Crippen molar-refractivity contribution >= 4 is 22.9 Å². The van der Waals surface area contributed by atoms with Crippen LogP contribution in [0.15, 0.2) is 78.9 Å². The summed E-state index contributed by atoms with van der Waals surface area (Å²) in [5, 5.41) is 3.57. The fraction of sp³-hybridized carbons (Fsp3) is 0.333. The summed E-state index contributed by atoms with van der Waals surface area (Å²) in [6.45, 7) is 3.54. The summed E-state index contributed by atoms with van der Waals surface area (Å²) in [5.41, 5.74) is 3.77. The van der Waals surface area contributed by atoms with Crippen LogP contribution in [0.5, 0.6) is 0 Å². The standard InChI is InChI=1S/C30H34FN5O/c1-35(29(37)23-7-3-2-4-8-23)21-24(22-11-13-25(31)14-12-22)15-18-36-19-16-26(17-20-36)32-30-33-27-9-5-6-10-28(27)34-30/h2-14,24,26H,15-21H2,1H3,(H2,32,33,34). The van der Waals surface area contributed by atoms with Crippen molar-refractivity contribution < 1.29 is 9.18 Å². The van der Waals surface area contributed by atoms with Gasteiger partial charge in [0.2, 0.25) is 5.95 Å². The van der Waals surface area contributed by atoms with E-state index in [1.807, 2.05) is 73.8 Å². The number of nitrogens with zero attached hydrogens (tertiary/aromatic N) is 3. The summed E-state index contributed by atoms with van der Waals surface area (Å²) >= 11 is 0. The van der Waals surface area contributed by atoms with Crippen LogP contribution in [-0.2, 0) is 0 Å². The molecule has 1 aliphatic heterocycles. The first-order valence-electron chi connectivity index (χ1n) is 13.0. The monoisotopic (exact) mass is 499 g/mol. The number of likely N-dealkylation sites (N-methyl/N-ethyl adjacent to an activating group) is 1. The third kappa shape index (κ3) is 6.35. The molecule has 2 heterocycles. The van der Waals surface area contributed by atoms with Gasteiger partial charge in [0, 0.05) is 44.2 Å². The summed E-state index contributed by atoms with van der Waals surface area (Å²) in [5.74, 6) is 0.729. The first kappa shape index (κ1) is 25.0. The summed E-state index contributed by atoms with van der Waals surface area (Å²) in [6.07, 6.45) is 3.00. The van der Waals surface area contributed by atoms with Crippen molar-refractivity contribution in [1.82, 2.24) is 19.8 Å². The van der Waals surface area contributed by atoms with E-state index in [1.165, 1.54) is 12.1 Å². The number of anilines is 1. The number of fused-ring (bicyclic) bond motifs is 1.